The maximum absolute atomic E-state index is 10.4. The molecule has 0 heterocycles. The third-order valence-corrected chi connectivity index (χ3v) is 0.912. The van der Waals surface area contributed by atoms with Crippen LogP contribution < -0.4 is 0 Å². The van der Waals surface area contributed by atoms with Crippen molar-refractivity contribution >= 4 is 5.97 Å². The molecule has 0 aromatic heterocycles. The van der Waals surface area contributed by atoms with Gasteiger partial charge in [0.15, 0.2) is 0 Å². The van der Waals surface area contributed by atoms with E-state index in [1.54, 1.807) is 0 Å². The van der Waals surface area contributed by atoms with E-state index >= 15 is 0 Å². The van der Waals surface area contributed by atoms with Gasteiger partial charge in [-0.2, -0.15) is 0 Å². The maximum atomic E-state index is 10.4. The summed E-state index contributed by atoms with van der Waals surface area (Å²) in [6, 6.07) is 0. The van der Waals surface area contributed by atoms with E-state index in [-0.39, 0.29) is 5.97 Å². The summed E-state index contributed by atoms with van der Waals surface area (Å²) in [7, 11) is 2.99. The number of hydrogen-bond acceptors (Lipinski definition) is 2. The standard InChI is InChI=1S/C7H11O2/c1-3-4-5-6-7(8)9-2/h3-4H,2,5-6H2,1H3/b4-3+. The fraction of sp³-hybridized carbons (Fsp3) is 0.429. The first-order valence-corrected chi connectivity index (χ1v) is 2.87. The van der Waals surface area contributed by atoms with E-state index < -0.39 is 0 Å². The first-order valence-electron chi connectivity index (χ1n) is 2.87. The van der Waals surface area contributed by atoms with Gasteiger partial charge in [-0.25, -0.2) is 0 Å². The second-order valence-electron chi connectivity index (χ2n) is 1.62. The monoisotopic (exact) mass is 127 g/mol. The second-order valence-corrected chi connectivity index (χ2v) is 1.62. The Hall–Kier alpha value is -0.790. The Morgan fingerprint density at radius 2 is 2.44 bits per heavy atom. The number of ether oxygens (including phenoxy) is 1. The number of hydrogen-bond donors (Lipinski definition) is 0. The van der Waals surface area contributed by atoms with Crippen LogP contribution >= 0.6 is 0 Å². The third kappa shape index (κ3) is 5.07. The highest BCUT2D eigenvalue weighted by Gasteiger charge is 1.94. The van der Waals surface area contributed by atoms with Crippen molar-refractivity contribution in [2.75, 3.05) is 0 Å². The smallest absolute Gasteiger partial charge is 0.306 e. The zero-order chi connectivity index (χ0) is 7.11. The van der Waals surface area contributed by atoms with Crippen LogP contribution in [-0.2, 0) is 9.53 Å². The molecule has 0 rings (SSSR count). The van der Waals surface area contributed by atoms with Crippen LogP contribution in [0.15, 0.2) is 12.2 Å². The summed E-state index contributed by atoms with van der Waals surface area (Å²) in [5.41, 5.74) is 0. The van der Waals surface area contributed by atoms with Gasteiger partial charge < -0.3 is 4.74 Å². The van der Waals surface area contributed by atoms with Gasteiger partial charge in [0.1, 0.15) is 7.11 Å². The van der Waals surface area contributed by atoms with Crippen LogP contribution in [0.1, 0.15) is 19.8 Å². The summed E-state index contributed by atoms with van der Waals surface area (Å²) in [6.45, 7) is 1.91. The molecule has 0 aromatic rings. The molecular formula is C7H11O2. The Morgan fingerprint density at radius 1 is 1.78 bits per heavy atom. The van der Waals surface area contributed by atoms with Crippen LogP contribution in [0, 0.1) is 7.11 Å². The molecule has 0 amide bonds. The highest BCUT2D eigenvalue weighted by atomic mass is 16.5. The predicted molar refractivity (Wildman–Crippen MR) is 35.5 cm³/mol. The summed E-state index contributed by atoms with van der Waals surface area (Å²) in [4.78, 5) is 10.4. The SMILES string of the molecule is [CH2]OC(=O)CC/C=C/C. The van der Waals surface area contributed by atoms with Gasteiger partial charge in [-0.3, -0.25) is 4.79 Å². The average Bonchev–Trinajstić information content (AvgIpc) is 1.89. The van der Waals surface area contributed by atoms with Crippen LogP contribution in [0.3, 0.4) is 0 Å². The molecule has 1 radical (unpaired) electrons. The molecule has 9 heavy (non-hydrogen) atoms. The van der Waals surface area contributed by atoms with Gasteiger partial charge >= 0.3 is 5.97 Å². The molecule has 0 aromatic carbocycles. The molecule has 0 aliphatic heterocycles. The van der Waals surface area contributed by atoms with Crippen molar-refractivity contribution in [3.63, 3.8) is 0 Å². The predicted octanol–water partition coefficient (Wildman–Crippen LogP) is 1.68. The van der Waals surface area contributed by atoms with E-state index in [0.29, 0.717) is 6.42 Å². The number of allylic oxidation sites excluding steroid dienone is 2. The van der Waals surface area contributed by atoms with E-state index in [1.165, 1.54) is 0 Å². The molecule has 0 atom stereocenters. The summed E-state index contributed by atoms with van der Waals surface area (Å²) in [5.74, 6) is -0.256. The molecule has 51 valence electrons. The first-order chi connectivity index (χ1) is 4.31. The van der Waals surface area contributed by atoms with Gasteiger partial charge in [-0.15, -0.1) is 0 Å². The van der Waals surface area contributed by atoms with Crippen molar-refractivity contribution in [1.29, 1.82) is 0 Å². The number of rotatable bonds is 3. The highest BCUT2D eigenvalue weighted by Crippen LogP contribution is 1.92. The molecule has 0 aliphatic rings. The summed E-state index contributed by atoms with van der Waals surface area (Å²) < 4.78 is 4.17. The largest absolute Gasteiger partial charge is 0.462 e. The molecule has 0 unspecified atom stereocenters. The first kappa shape index (κ1) is 8.21. The molecule has 2 heteroatoms. The molecule has 0 N–H and O–H groups in total. The maximum Gasteiger partial charge on any atom is 0.306 e. The van der Waals surface area contributed by atoms with E-state index in [2.05, 4.69) is 11.8 Å². The van der Waals surface area contributed by atoms with E-state index in [4.69, 9.17) is 0 Å². The zero-order valence-corrected chi connectivity index (χ0v) is 5.59. The topological polar surface area (TPSA) is 26.3 Å². The van der Waals surface area contributed by atoms with Crippen molar-refractivity contribution in [2.45, 2.75) is 19.8 Å². The Balaban J connectivity index is 3.17. The van der Waals surface area contributed by atoms with Crippen molar-refractivity contribution in [3.8, 4) is 0 Å². The summed E-state index contributed by atoms with van der Waals surface area (Å²) >= 11 is 0. The minimum Gasteiger partial charge on any atom is -0.462 e. The molecule has 0 aliphatic carbocycles. The Kier molecular flexibility index (Phi) is 4.88. The van der Waals surface area contributed by atoms with Crippen molar-refractivity contribution < 1.29 is 9.53 Å². The van der Waals surface area contributed by atoms with Crippen molar-refractivity contribution in [3.05, 3.63) is 19.3 Å². The number of carbonyl (C=O) groups excluding carboxylic acids is 1. The third-order valence-electron chi connectivity index (χ3n) is 0.912. The quantitative estimate of drug-likeness (QED) is 0.426. The van der Waals surface area contributed by atoms with Crippen LogP contribution in [-0.4, -0.2) is 5.97 Å². The Bertz CT molecular complexity index is 105. The molecule has 0 spiro atoms. The van der Waals surface area contributed by atoms with Gasteiger partial charge in [0, 0.05) is 6.42 Å². The van der Waals surface area contributed by atoms with Gasteiger partial charge in [0.25, 0.3) is 0 Å². The van der Waals surface area contributed by atoms with Gasteiger partial charge in [-0.1, -0.05) is 12.2 Å². The lowest BCUT2D eigenvalue weighted by Gasteiger charge is -1.92. The normalized spacial score (nSPS) is 10.0. The van der Waals surface area contributed by atoms with Gasteiger partial charge in [-0.05, 0) is 13.3 Å². The molecule has 0 bridgehead atoms. The van der Waals surface area contributed by atoms with E-state index in [1.807, 2.05) is 19.1 Å². The van der Waals surface area contributed by atoms with Crippen LogP contribution in [0.25, 0.3) is 0 Å². The molecule has 2 nitrogen and oxygen atoms in total. The van der Waals surface area contributed by atoms with Crippen molar-refractivity contribution in [1.82, 2.24) is 0 Å². The molecule has 0 fully saturated rings. The summed E-state index contributed by atoms with van der Waals surface area (Å²) in [5, 5.41) is 0. The van der Waals surface area contributed by atoms with Crippen LogP contribution in [0.5, 0.6) is 0 Å². The minimum absolute atomic E-state index is 0.256. The molecule has 0 saturated carbocycles. The molecule has 0 saturated heterocycles. The summed E-state index contributed by atoms with van der Waals surface area (Å²) in [6.07, 6.45) is 4.98. The fourth-order valence-electron chi connectivity index (χ4n) is 0.440. The number of carbonyl (C=O) groups is 1. The van der Waals surface area contributed by atoms with Crippen molar-refractivity contribution in [2.24, 2.45) is 0 Å². The van der Waals surface area contributed by atoms with Gasteiger partial charge in [0.05, 0.1) is 0 Å². The minimum atomic E-state index is -0.256. The zero-order valence-electron chi connectivity index (χ0n) is 5.59. The lowest BCUT2D eigenvalue weighted by Crippen LogP contribution is -1.96. The second kappa shape index (κ2) is 5.35. The Labute approximate surface area is 55.5 Å². The fourth-order valence-corrected chi connectivity index (χ4v) is 0.440. The Morgan fingerprint density at radius 3 is 2.89 bits per heavy atom. The number of esters is 1. The van der Waals surface area contributed by atoms with E-state index in [9.17, 15) is 4.79 Å². The van der Waals surface area contributed by atoms with E-state index in [0.717, 1.165) is 6.42 Å². The lowest BCUT2D eigenvalue weighted by molar-refractivity contribution is -0.138. The van der Waals surface area contributed by atoms with Crippen LogP contribution in [0.4, 0.5) is 0 Å². The van der Waals surface area contributed by atoms with Gasteiger partial charge in [0.2, 0.25) is 0 Å². The lowest BCUT2D eigenvalue weighted by atomic mass is 10.3. The molecular weight excluding hydrogens is 116 g/mol. The highest BCUT2D eigenvalue weighted by molar-refractivity contribution is 5.69. The van der Waals surface area contributed by atoms with Crippen LogP contribution in [0.2, 0.25) is 0 Å². The average molecular weight is 127 g/mol.